The van der Waals surface area contributed by atoms with Crippen molar-refractivity contribution >= 4 is 26.0 Å². The van der Waals surface area contributed by atoms with Gasteiger partial charge in [0.1, 0.15) is 5.82 Å². The summed E-state index contributed by atoms with van der Waals surface area (Å²) in [6.07, 6.45) is 5.86. The molecule has 102 valence electrons. The van der Waals surface area contributed by atoms with Crippen molar-refractivity contribution in [3.63, 3.8) is 0 Å². The predicted octanol–water partition coefficient (Wildman–Crippen LogP) is 1.96. The maximum atomic E-state index is 12.1. The molecule has 0 bridgehead atoms. The van der Waals surface area contributed by atoms with Crippen LogP contribution in [0.4, 0.5) is 0 Å². The third kappa shape index (κ3) is 3.33. The average molecular weight is 336 g/mol. The summed E-state index contributed by atoms with van der Waals surface area (Å²) >= 11 is 3.56. The number of aromatic amines is 1. The van der Waals surface area contributed by atoms with E-state index in [1.807, 2.05) is 6.92 Å². The Kier molecular flexibility index (Phi) is 4.45. The van der Waals surface area contributed by atoms with E-state index >= 15 is 0 Å². The van der Waals surface area contributed by atoms with Crippen molar-refractivity contribution in [3.8, 4) is 0 Å². The van der Waals surface area contributed by atoms with Crippen LogP contribution < -0.4 is 4.72 Å². The Hall–Kier alpha value is -0.400. The number of alkyl halides is 1. The summed E-state index contributed by atoms with van der Waals surface area (Å²) in [6, 6.07) is 0.0391. The molecule has 2 N–H and O–H groups in total. The highest BCUT2D eigenvalue weighted by atomic mass is 79.9. The van der Waals surface area contributed by atoms with E-state index in [-0.39, 0.29) is 11.1 Å². The standard InChI is InChI=1S/C11H18BrN3O2S/c1-2-10-13-7-11(14-10)18(16,17)15-9-5-3-8(12)4-6-9/h7-9,15H,2-6H2,1H3,(H,13,14). The highest BCUT2D eigenvalue weighted by Gasteiger charge is 2.25. The molecule has 1 fully saturated rings. The Morgan fingerprint density at radius 1 is 1.44 bits per heavy atom. The molecule has 1 saturated carbocycles. The molecular weight excluding hydrogens is 318 g/mol. The number of nitrogens with one attached hydrogen (secondary N) is 2. The normalized spacial score (nSPS) is 25.2. The molecule has 1 heterocycles. The lowest BCUT2D eigenvalue weighted by Crippen LogP contribution is -2.37. The molecule has 0 aromatic carbocycles. The zero-order valence-corrected chi connectivity index (χ0v) is 12.7. The maximum Gasteiger partial charge on any atom is 0.257 e. The van der Waals surface area contributed by atoms with E-state index in [0.717, 1.165) is 25.7 Å². The van der Waals surface area contributed by atoms with Crippen LogP contribution in [0.2, 0.25) is 0 Å². The first-order chi connectivity index (χ1) is 8.51. The van der Waals surface area contributed by atoms with Crippen molar-refractivity contribution in [2.45, 2.75) is 54.9 Å². The maximum absolute atomic E-state index is 12.1. The predicted molar refractivity (Wildman–Crippen MR) is 73.3 cm³/mol. The van der Waals surface area contributed by atoms with Crippen LogP contribution in [0.25, 0.3) is 0 Å². The van der Waals surface area contributed by atoms with Crippen molar-refractivity contribution in [3.05, 3.63) is 12.0 Å². The number of rotatable bonds is 4. The Morgan fingerprint density at radius 2 is 2.11 bits per heavy atom. The van der Waals surface area contributed by atoms with Crippen molar-refractivity contribution in [1.29, 1.82) is 0 Å². The van der Waals surface area contributed by atoms with Crippen LogP contribution in [0.15, 0.2) is 11.2 Å². The van der Waals surface area contributed by atoms with Crippen LogP contribution in [-0.2, 0) is 16.4 Å². The van der Waals surface area contributed by atoms with E-state index in [1.54, 1.807) is 0 Å². The Bertz CT molecular complexity index is 492. The van der Waals surface area contributed by atoms with Crippen LogP contribution in [0.3, 0.4) is 0 Å². The van der Waals surface area contributed by atoms with Crippen molar-refractivity contribution < 1.29 is 8.42 Å². The fourth-order valence-corrected chi connectivity index (χ4v) is 3.89. The lowest BCUT2D eigenvalue weighted by Gasteiger charge is -2.25. The molecule has 1 aromatic rings. The summed E-state index contributed by atoms with van der Waals surface area (Å²) in [5.41, 5.74) is 0. The molecule has 0 saturated heterocycles. The molecule has 7 heteroatoms. The van der Waals surface area contributed by atoms with Crippen molar-refractivity contribution in [2.24, 2.45) is 0 Å². The molecule has 2 rings (SSSR count). The number of hydrogen-bond acceptors (Lipinski definition) is 3. The van der Waals surface area contributed by atoms with Crippen LogP contribution in [0.1, 0.15) is 38.4 Å². The van der Waals surface area contributed by atoms with Gasteiger partial charge in [-0.3, -0.25) is 0 Å². The molecule has 0 spiro atoms. The van der Waals surface area contributed by atoms with Gasteiger partial charge in [-0.15, -0.1) is 0 Å². The smallest absolute Gasteiger partial charge is 0.257 e. The Morgan fingerprint density at radius 3 is 2.67 bits per heavy atom. The number of H-pyrrole nitrogens is 1. The van der Waals surface area contributed by atoms with Gasteiger partial charge in [-0.1, -0.05) is 22.9 Å². The van der Waals surface area contributed by atoms with E-state index in [0.29, 0.717) is 17.1 Å². The average Bonchev–Trinajstić information content (AvgIpc) is 2.81. The number of halogens is 1. The second-order valence-electron chi connectivity index (χ2n) is 4.62. The van der Waals surface area contributed by atoms with Gasteiger partial charge in [0, 0.05) is 17.3 Å². The summed E-state index contributed by atoms with van der Waals surface area (Å²) in [5.74, 6) is 0.694. The summed E-state index contributed by atoms with van der Waals surface area (Å²) in [4.78, 5) is 7.38. The van der Waals surface area contributed by atoms with Gasteiger partial charge in [-0.25, -0.2) is 18.1 Å². The van der Waals surface area contributed by atoms with E-state index < -0.39 is 10.0 Å². The molecule has 18 heavy (non-hydrogen) atoms. The summed E-state index contributed by atoms with van der Waals surface area (Å²) in [6.45, 7) is 1.93. The number of sulfonamides is 1. The zero-order chi connectivity index (χ0) is 13.2. The number of aryl methyl sites for hydroxylation is 1. The minimum atomic E-state index is -3.45. The van der Waals surface area contributed by atoms with E-state index in [1.165, 1.54) is 6.20 Å². The summed E-state index contributed by atoms with van der Waals surface area (Å²) in [5, 5.41) is 0.167. The molecule has 1 aliphatic carbocycles. The molecule has 0 unspecified atom stereocenters. The van der Waals surface area contributed by atoms with Gasteiger partial charge in [0.2, 0.25) is 0 Å². The molecule has 1 aliphatic rings. The van der Waals surface area contributed by atoms with Crippen LogP contribution >= 0.6 is 15.9 Å². The van der Waals surface area contributed by atoms with E-state index in [2.05, 4.69) is 30.6 Å². The van der Waals surface area contributed by atoms with Crippen molar-refractivity contribution in [2.75, 3.05) is 0 Å². The third-order valence-corrected chi connectivity index (χ3v) is 5.55. The largest absolute Gasteiger partial charge is 0.332 e. The molecule has 0 amide bonds. The number of aromatic nitrogens is 2. The number of imidazole rings is 1. The lowest BCUT2D eigenvalue weighted by molar-refractivity contribution is 0.422. The second-order valence-corrected chi connectivity index (χ2v) is 7.60. The fraction of sp³-hybridized carbons (Fsp3) is 0.727. The first kappa shape index (κ1) is 14.0. The number of hydrogen-bond donors (Lipinski definition) is 2. The molecule has 0 radical (unpaired) electrons. The van der Waals surface area contributed by atoms with Gasteiger partial charge in [0.05, 0.1) is 6.20 Å². The van der Waals surface area contributed by atoms with E-state index in [9.17, 15) is 8.42 Å². The first-order valence-corrected chi connectivity index (χ1v) is 8.61. The highest BCUT2D eigenvalue weighted by Crippen LogP contribution is 2.25. The van der Waals surface area contributed by atoms with Gasteiger partial charge < -0.3 is 4.98 Å². The van der Waals surface area contributed by atoms with Crippen molar-refractivity contribution in [1.82, 2.24) is 14.7 Å². The minimum Gasteiger partial charge on any atom is -0.332 e. The van der Waals surface area contributed by atoms with Gasteiger partial charge in [-0.2, -0.15) is 0 Å². The van der Waals surface area contributed by atoms with Gasteiger partial charge in [0.25, 0.3) is 10.0 Å². The molecule has 5 nitrogen and oxygen atoms in total. The van der Waals surface area contributed by atoms with E-state index in [4.69, 9.17) is 0 Å². The Labute approximate surface area is 116 Å². The monoisotopic (exact) mass is 335 g/mol. The highest BCUT2D eigenvalue weighted by molar-refractivity contribution is 9.09. The van der Waals surface area contributed by atoms with Gasteiger partial charge in [-0.05, 0) is 25.7 Å². The molecule has 1 aromatic heterocycles. The van der Waals surface area contributed by atoms with Gasteiger partial charge >= 0.3 is 0 Å². The minimum absolute atomic E-state index is 0.0391. The van der Waals surface area contributed by atoms with Crippen LogP contribution in [-0.4, -0.2) is 29.3 Å². The second kappa shape index (κ2) is 5.71. The van der Waals surface area contributed by atoms with Crippen LogP contribution in [0, 0.1) is 0 Å². The third-order valence-electron chi connectivity index (χ3n) is 3.21. The fourth-order valence-electron chi connectivity index (χ4n) is 2.11. The summed E-state index contributed by atoms with van der Waals surface area (Å²) in [7, 11) is -3.45. The number of nitrogens with zero attached hydrogens (tertiary/aromatic N) is 1. The Balaban J connectivity index is 2.03. The molecule has 0 atom stereocenters. The first-order valence-electron chi connectivity index (χ1n) is 6.21. The van der Waals surface area contributed by atoms with Gasteiger partial charge in [0.15, 0.2) is 5.03 Å². The zero-order valence-electron chi connectivity index (χ0n) is 10.3. The summed E-state index contributed by atoms with van der Waals surface area (Å²) < 4.78 is 27.0. The molecule has 0 aliphatic heterocycles. The topological polar surface area (TPSA) is 74.8 Å². The molecular formula is C11H18BrN3O2S. The SMILES string of the molecule is CCc1ncc(S(=O)(=O)NC2CCC(Br)CC2)[nH]1. The van der Waals surface area contributed by atoms with Crippen LogP contribution in [0.5, 0.6) is 0 Å². The lowest BCUT2D eigenvalue weighted by atomic mass is 9.96. The quantitative estimate of drug-likeness (QED) is 0.826.